The van der Waals surface area contributed by atoms with E-state index in [1.165, 1.54) is 9.91 Å². The molecular formula is C18H15F5N6O. The first-order valence-corrected chi connectivity index (χ1v) is 8.83. The second-order valence-corrected chi connectivity index (χ2v) is 6.91. The molecule has 0 unspecified atom stereocenters. The molecule has 30 heavy (non-hydrogen) atoms. The highest BCUT2D eigenvalue weighted by molar-refractivity contribution is 5.95. The van der Waals surface area contributed by atoms with Crippen molar-refractivity contribution >= 4 is 11.9 Å². The minimum absolute atomic E-state index is 0.0396. The molecule has 1 amide bonds. The topological polar surface area (TPSA) is 73.4 Å². The maximum atomic E-state index is 13.7. The van der Waals surface area contributed by atoms with E-state index in [2.05, 4.69) is 20.9 Å². The van der Waals surface area contributed by atoms with Crippen LogP contribution < -0.4 is 16.0 Å². The molecule has 4 rings (SSSR count). The lowest BCUT2D eigenvalue weighted by molar-refractivity contribution is -0.137. The first-order valence-electron chi connectivity index (χ1n) is 8.83. The monoisotopic (exact) mass is 426 g/mol. The molecule has 0 saturated heterocycles. The summed E-state index contributed by atoms with van der Waals surface area (Å²) in [7, 11) is 0. The van der Waals surface area contributed by atoms with E-state index in [9.17, 15) is 26.7 Å². The Balaban J connectivity index is 1.60. The molecule has 0 spiro atoms. The summed E-state index contributed by atoms with van der Waals surface area (Å²) in [6, 6.07) is 1.35. The van der Waals surface area contributed by atoms with Gasteiger partial charge >= 0.3 is 6.18 Å². The van der Waals surface area contributed by atoms with Gasteiger partial charge in [0.05, 0.1) is 35.9 Å². The quantitative estimate of drug-likeness (QED) is 0.720. The van der Waals surface area contributed by atoms with Gasteiger partial charge in [0.1, 0.15) is 5.82 Å². The predicted molar refractivity (Wildman–Crippen MR) is 94.3 cm³/mol. The van der Waals surface area contributed by atoms with Crippen LogP contribution in [0.2, 0.25) is 0 Å². The number of anilines is 1. The summed E-state index contributed by atoms with van der Waals surface area (Å²) in [5.41, 5.74) is 5.33. The fourth-order valence-corrected chi connectivity index (χ4v) is 3.37. The summed E-state index contributed by atoms with van der Waals surface area (Å²) in [4.78, 5) is 22.0. The fraction of sp³-hybridized carbons (Fsp3) is 0.278. The number of aromatic nitrogens is 2. The summed E-state index contributed by atoms with van der Waals surface area (Å²) in [5.74, 6) is -2.28. The Morgan fingerprint density at radius 1 is 1.13 bits per heavy atom. The van der Waals surface area contributed by atoms with Gasteiger partial charge in [0.2, 0.25) is 5.95 Å². The number of rotatable bonds is 2. The lowest BCUT2D eigenvalue weighted by Crippen LogP contribution is -2.44. The normalized spacial score (nSPS) is 19.1. The van der Waals surface area contributed by atoms with E-state index in [1.807, 2.05) is 0 Å². The van der Waals surface area contributed by atoms with E-state index in [4.69, 9.17) is 0 Å². The van der Waals surface area contributed by atoms with Crippen molar-refractivity contribution in [1.29, 1.82) is 0 Å². The van der Waals surface area contributed by atoms with Crippen molar-refractivity contribution in [3.8, 4) is 0 Å². The highest BCUT2D eigenvalue weighted by atomic mass is 19.4. The first kappa shape index (κ1) is 20.0. The number of amides is 1. The molecule has 0 radical (unpaired) electrons. The summed E-state index contributed by atoms with van der Waals surface area (Å²) < 4.78 is 65.7. The average molecular weight is 426 g/mol. The third-order valence-electron chi connectivity index (χ3n) is 4.83. The van der Waals surface area contributed by atoms with Crippen LogP contribution in [0.15, 0.2) is 42.0 Å². The number of nitrogens with one attached hydrogen (secondary N) is 2. The molecule has 2 aromatic rings. The van der Waals surface area contributed by atoms with Crippen molar-refractivity contribution in [1.82, 2.24) is 25.8 Å². The highest BCUT2D eigenvalue weighted by Gasteiger charge is 2.37. The Hall–Kier alpha value is -3.28. The van der Waals surface area contributed by atoms with Gasteiger partial charge in [0.15, 0.2) is 5.82 Å². The van der Waals surface area contributed by atoms with E-state index in [0.29, 0.717) is 29.9 Å². The number of nitrogens with zero attached hydrogens (tertiary/aromatic N) is 4. The summed E-state index contributed by atoms with van der Waals surface area (Å²) in [6.07, 6.45) is -2.45. The van der Waals surface area contributed by atoms with E-state index < -0.39 is 35.3 Å². The number of carbonyl (C=O) groups is 1. The second-order valence-electron chi connectivity index (χ2n) is 6.91. The van der Waals surface area contributed by atoms with Gasteiger partial charge in [-0.2, -0.15) is 13.2 Å². The zero-order valence-electron chi connectivity index (χ0n) is 15.5. The lowest BCUT2D eigenvalue weighted by Gasteiger charge is -2.34. The zero-order chi connectivity index (χ0) is 21.6. The number of hydrazine groups is 2. The molecule has 1 atom stereocenters. The van der Waals surface area contributed by atoms with Crippen molar-refractivity contribution in [2.75, 3.05) is 11.6 Å². The summed E-state index contributed by atoms with van der Waals surface area (Å²) >= 11 is 0. The van der Waals surface area contributed by atoms with Crippen LogP contribution in [0.25, 0.3) is 0 Å². The van der Waals surface area contributed by atoms with Gasteiger partial charge in [-0.05, 0) is 25.1 Å². The number of halogens is 5. The third kappa shape index (κ3) is 3.65. The van der Waals surface area contributed by atoms with Crippen LogP contribution >= 0.6 is 0 Å². The van der Waals surface area contributed by atoms with Crippen molar-refractivity contribution in [2.45, 2.75) is 25.6 Å². The SMILES string of the molecule is C[C@H]1CC2=C(CN1C(=O)c1cc(F)cc(C(F)(F)F)c1)NNN2c1ncc(F)cn1. The molecule has 1 aromatic carbocycles. The van der Waals surface area contributed by atoms with Crippen LogP contribution in [0.3, 0.4) is 0 Å². The Morgan fingerprint density at radius 3 is 2.50 bits per heavy atom. The second kappa shape index (κ2) is 7.20. The van der Waals surface area contributed by atoms with Crippen LogP contribution in [0.5, 0.6) is 0 Å². The molecule has 0 saturated carbocycles. The van der Waals surface area contributed by atoms with Crippen molar-refractivity contribution in [3.63, 3.8) is 0 Å². The first-order chi connectivity index (χ1) is 14.1. The van der Waals surface area contributed by atoms with Gasteiger partial charge in [-0.15, -0.1) is 5.53 Å². The molecule has 7 nitrogen and oxygen atoms in total. The number of benzene rings is 1. The van der Waals surface area contributed by atoms with Crippen LogP contribution in [-0.2, 0) is 6.18 Å². The van der Waals surface area contributed by atoms with Gasteiger partial charge in [-0.25, -0.2) is 23.8 Å². The van der Waals surface area contributed by atoms with Crippen LogP contribution in [0.4, 0.5) is 27.9 Å². The predicted octanol–water partition coefficient (Wildman–Crippen LogP) is 2.75. The smallest absolute Gasteiger partial charge is 0.330 e. The van der Waals surface area contributed by atoms with E-state index in [0.717, 1.165) is 18.5 Å². The molecule has 0 bridgehead atoms. The maximum absolute atomic E-state index is 13.7. The lowest BCUT2D eigenvalue weighted by atomic mass is 10.0. The van der Waals surface area contributed by atoms with E-state index in [1.54, 1.807) is 6.92 Å². The van der Waals surface area contributed by atoms with E-state index >= 15 is 0 Å². The Labute approximate surface area is 167 Å². The largest absolute Gasteiger partial charge is 0.416 e. The van der Waals surface area contributed by atoms with Crippen molar-refractivity contribution < 1.29 is 26.7 Å². The fourth-order valence-electron chi connectivity index (χ4n) is 3.37. The molecular weight excluding hydrogens is 411 g/mol. The molecule has 2 aliphatic rings. The van der Waals surface area contributed by atoms with Gasteiger partial charge in [-0.1, -0.05) is 0 Å². The Morgan fingerprint density at radius 2 is 1.83 bits per heavy atom. The summed E-state index contributed by atoms with van der Waals surface area (Å²) in [6.45, 7) is 1.76. The molecule has 2 N–H and O–H groups in total. The number of alkyl halides is 3. The zero-order valence-corrected chi connectivity index (χ0v) is 15.5. The number of carbonyl (C=O) groups excluding carboxylic acids is 1. The molecule has 3 heterocycles. The Bertz CT molecular complexity index is 1020. The standard InChI is InChI=1S/C18H15F5N6O/c1-9-2-15-14(26-27-29(15)17-24-6-13(20)7-25-17)8-28(9)16(30)10-3-11(18(21,22)23)5-12(19)4-10/h3-7,9,26-27H,2,8H2,1H3/t9-/m0/s1. The molecule has 158 valence electrons. The average Bonchev–Trinajstić information content (AvgIpc) is 3.09. The van der Waals surface area contributed by atoms with Crippen LogP contribution in [0.1, 0.15) is 29.3 Å². The minimum atomic E-state index is -4.77. The van der Waals surface area contributed by atoms with Crippen molar-refractivity contribution in [3.05, 3.63) is 64.7 Å². The van der Waals surface area contributed by atoms with Crippen LogP contribution in [0, 0.1) is 11.6 Å². The maximum Gasteiger partial charge on any atom is 0.416 e. The summed E-state index contributed by atoms with van der Waals surface area (Å²) in [5, 5.41) is 1.50. The van der Waals surface area contributed by atoms with Gasteiger partial charge in [0, 0.05) is 18.0 Å². The number of hydrogen-bond donors (Lipinski definition) is 2. The molecule has 2 aliphatic heterocycles. The van der Waals surface area contributed by atoms with E-state index in [-0.39, 0.29) is 18.1 Å². The highest BCUT2D eigenvalue weighted by Crippen LogP contribution is 2.33. The van der Waals surface area contributed by atoms with Gasteiger partial charge in [-0.3, -0.25) is 4.79 Å². The third-order valence-corrected chi connectivity index (χ3v) is 4.83. The molecule has 1 aromatic heterocycles. The minimum Gasteiger partial charge on any atom is -0.330 e. The van der Waals surface area contributed by atoms with Crippen molar-refractivity contribution in [2.24, 2.45) is 0 Å². The van der Waals surface area contributed by atoms with Gasteiger partial charge in [0.25, 0.3) is 5.91 Å². The Kier molecular flexibility index (Phi) is 4.80. The van der Waals surface area contributed by atoms with Gasteiger partial charge < -0.3 is 10.3 Å². The number of hydrogen-bond acceptors (Lipinski definition) is 6. The molecule has 12 heteroatoms. The molecule has 0 aliphatic carbocycles. The molecule has 0 fully saturated rings. The van der Waals surface area contributed by atoms with Crippen LogP contribution in [-0.4, -0.2) is 33.4 Å².